The van der Waals surface area contributed by atoms with E-state index in [4.69, 9.17) is 0 Å². The van der Waals surface area contributed by atoms with Crippen LogP contribution in [0.25, 0.3) is 0 Å². The molecule has 0 heterocycles. The van der Waals surface area contributed by atoms with Crippen molar-refractivity contribution < 1.29 is 18.0 Å². The van der Waals surface area contributed by atoms with Gasteiger partial charge in [0.15, 0.2) is 17.5 Å². The zero-order valence-electron chi connectivity index (χ0n) is 14.4. The molecule has 0 aliphatic heterocycles. The smallest absolute Gasteiger partial charge is 0.238 e. The second-order valence-corrected chi connectivity index (χ2v) is 6.20. The first-order valence-corrected chi connectivity index (χ1v) is 8.06. The van der Waals surface area contributed by atoms with Crippen LogP contribution in [-0.2, 0) is 4.79 Å². The number of amides is 1. The predicted molar refractivity (Wildman–Crippen MR) is 91.9 cm³/mol. The highest BCUT2D eigenvalue weighted by Gasteiger charge is 2.15. The average Bonchev–Trinajstić information content (AvgIpc) is 2.60. The monoisotopic (exact) mass is 350 g/mol. The molecule has 2 N–H and O–H groups in total. The van der Waals surface area contributed by atoms with Crippen LogP contribution in [0.5, 0.6) is 0 Å². The Bertz CT molecular complexity index is 745. The molecule has 0 aromatic heterocycles. The molecule has 1 amide bonds. The summed E-state index contributed by atoms with van der Waals surface area (Å²) in [5, 5.41) is 5.24. The van der Waals surface area contributed by atoms with Crippen LogP contribution in [0.1, 0.15) is 43.9 Å². The summed E-state index contributed by atoms with van der Waals surface area (Å²) in [5.74, 6) is -4.42. The molecule has 3 nitrogen and oxygen atoms in total. The number of carbonyl (C=O) groups is 1. The minimum Gasteiger partial charge on any atom is -0.322 e. The fourth-order valence-electron chi connectivity index (χ4n) is 2.35. The molecule has 0 aliphatic carbocycles. The van der Waals surface area contributed by atoms with Crippen molar-refractivity contribution in [2.24, 2.45) is 0 Å². The molecular formula is C19H21F3N2O. The summed E-state index contributed by atoms with van der Waals surface area (Å²) in [7, 11) is 0. The summed E-state index contributed by atoms with van der Waals surface area (Å²) >= 11 is 0. The summed E-state index contributed by atoms with van der Waals surface area (Å²) < 4.78 is 39.6. The predicted octanol–water partition coefficient (Wildman–Crippen LogP) is 4.52. The number of halogens is 3. The summed E-state index contributed by atoms with van der Waals surface area (Å²) in [6.45, 7) is 6.03. The summed E-state index contributed by atoms with van der Waals surface area (Å²) in [5.41, 5.74) is 1.85. The lowest BCUT2D eigenvalue weighted by Crippen LogP contribution is -2.30. The summed E-state index contributed by atoms with van der Waals surface area (Å²) in [6.07, 6.45) is 0. The van der Waals surface area contributed by atoms with Gasteiger partial charge in [0.2, 0.25) is 5.91 Å². The molecular weight excluding hydrogens is 329 g/mol. The van der Waals surface area contributed by atoms with E-state index in [1.807, 2.05) is 31.2 Å². The van der Waals surface area contributed by atoms with Crippen LogP contribution in [0.4, 0.5) is 18.9 Å². The normalized spacial score (nSPS) is 12.3. The summed E-state index contributed by atoms with van der Waals surface area (Å²) in [6, 6.07) is 9.70. The Labute approximate surface area is 145 Å². The van der Waals surface area contributed by atoms with Gasteiger partial charge in [0.1, 0.15) is 0 Å². The van der Waals surface area contributed by atoms with E-state index >= 15 is 0 Å². The number of benzene rings is 2. The number of nitrogens with one attached hydrogen (secondary N) is 2. The second kappa shape index (κ2) is 8.16. The molecule has 25 heavy (non-hydrogen) atoms. The molecule has 0 unspecified atom stereocenters. The molecule has 6 heteroatoms. The standard InChI is InChI=1S/C19H21F3N2O/c1-11(2)13-4-6-14(7-5-13)12(3)23-10-17(25)24-16-9-8-15(20)18(21)19(16)22/h4-9,11-12,23H,10H2,1-3H3,(H,24,25)/t12-/m0/s1. The quantitative estimate of drug-likeness (QED) is 0.752. The van der Waals surface area contributed by atoms with Gasteiger partial charge in [-0.25, -0.2) is 13.2 Å². The highest BCUT2D eigenvalue weighted by molar-refractivity contribution is 5.92. The van der Waals surface area contributed by atoms with E-state index in [0.717, 1.165) is 17.7 Å². The van der Waals surface area contributed by atoms with E-state index < -0.39 is 23.4 Å². The van der Waals surface area contributed by atoms with Crippen LogP contribution in [0.2, 0.25) is 0 Å². The minimum atomic E-state index is -1.61. The summed E-state index contributed by atoms with van der Waals surface area (Å²) in [4.78, 5) is 11.9. The van der Waals surface area contributed by atoms with E-state index in [9.17, 15) is 18.0 Å². The third-order valence-corrected chi connectivity index (χ3v) is 3.98. The van der Waals surface area contributed by atoms with Crippen LogP contribution in [0, 0.1) is 17.5 Å². The molecule has 0 saturated carbocycles. The van der Waals surface area contributed by atoms with Gasteiger partial charge in [-0.1, -0.05) is 38.1 Å². The van der Waals surface area contributed by atoms with E-state index in [2.05, 4.69) is 24.5 Å². The SMILES string of the molecule is CC(C)c1ccc([C@H](C)NCC(=O)Nc2ccc(F)c(F)c2F)cc1. The van der Waals surface area contributed by atoms with Crippen molar-refractivity contribution in [2.75, 3.05) is 11.9 Å². The number of anilines is 1. The van der Waals surface area contributed by atoms with Gasteiger partial charge in [-0.15, -0.1) is 0 Å². The van der Waals surface area contributed by atoms with Gasteiger partial charge in [0.25, 0.3) is 0 Å². The number of hydrogen-bond donors (Lipinski definition) is 2. The topological polar surface area (TPSA) is 41.1 Å². The first kappa shape index (κ1) is 19.0. The van der Waals surface area contributed by atoms with Crippen molar-refractivity contribution in [1.29, 1.82) is 0 Å². The van der Waals surface area contributed by atoms with Crippen molar-refractivity contribution in [3.05, 3.63) is 65.0 Å². The third-order valence-electron chi connectivity index (χ3n) is 3.98. The molecule has 0 radical (unpaired) electrons. The van der Waals surface area contributed by atoms with Gasteiger partial charge in [-0.2, -0.15) is 0 Å². The van der Waals surface area contributed by atoms with Crippen molar-refractivity contribution in [3.63, 3.8) is 0 Å². The fraction of sp³-hybridized carbons (Fsp3) is 0.316. The number of rotatable bonds is 6. The molecule has 0 bridgehead atoms. The maximum absolute atomic E-state index is 13.5. The lowest BCUT2D eigenvalue weighted by atomic mass is 9.99. The van der Waals surface area contributed by atoms with Crippen LogP contribution in [0.3, 0.4) is 0 Å². The molecule has 134 valence electrons. The molecule has 0 fully saturated rings. The molecule has 0 aliphatic rings. The zero-order chi connectivity index (χ0) is 18.6. The maximum Gasteiger partial charge on any atom is 0.238 e. The number of carbonyl (C=O) groups excluding carboxylic acids is 1. The van der Waals surface area contributed by atoms with E-state index in [-0.39, 0.29) is 18.3 Å². The van der Waals surface area contributed by atoms with Crippen LogP contribution in [0.15, 0.2) is 36.4 Å². The highest BCUT2D eigenvalue weighted by Crippen LogP contribution is 2.20. The lowest BCUT2D eigenvalue weighted by Gasteiger charge is -2.15. The average molecular weight is 350 g/mol. The Morgan fingerprint density at radius 2 is 1.52 bits per heavy atom. The van der Waals surface area contributed by atoms with Gasteiger partial charge < -0.3 is 10.6 Å². The molecule has 0 spiro atoms. The van der Waals surface area contributed by atoms with Gasteiger partial charge in [0.05, 0.1) is 12.2 Å². The largest absolute Gasteiger partial charge is 0.322 e. The maximum atomic E-state index is 13.5. The number of hydrogen-bond acceptors (Lipinski definition) is 2. The Kier molecular flexibility index (Phi) is 6.20. The molecule has 2 aromatic carbocycles. The molecule has 2 aromatic rings. The zero-order valence-corrected chi connectivity index (χ0v) is 14.4. The Morgan fingerprint density at radius 1 is 0.920 bits per heavy atom. The highest BCUT2D eigenvalue weighted by atomic mass is 19.2. The molecule has 1 atom stereocenters. The Morgan fingerprint density at radius 3 is 2.12 bits per heavy atom. The lowest BCUT2D eigenvalue weighted by molar-refractivity contribution is -0.115. The van der Waals surface area contributed by atoms with Crippen LogP contribution < -0.4 is 10.6 Å². The van der Waals surface area contributed by atoms with Gasteiger partial charge >= 0.3 is 0 Å². The Balaban J connectivity index is 1.92. The fourth-order valence-corrected chi connectivity index (χ4v) is 2.35. The van der Waals surface area contributed by atoms with E-state index in [1.165, 1.54) is 5.56 Å². The van der Waals surface area contributed by atoms with Gasteiger partial charge in [-0.3, -0.25) is 4.79 Å². The van der Waals surface area contributed by atoms with Gasteiger partial charge in [-0.05, 0) is 36.1 Å². The van der Waals surface area contributed by atoms with Crippen molar-refractivity contribution in [2.45, 2.75) is 32.7 Å². The van der Waals surface area contributed by atoms with Crippen LogP contribution in [-0.4, -0.2) is 12.5 Å². The van der Waals surface area contributed by atoms with Crippen molar-refractivity contribution in [3.8, 4) is 0 Å². The van der Waals surface area contributed by atoms with Crippen molar-refractivity contribution >= 4 is 11.6 Å². The second-order valence-electron chi connectivity index (χ2n) is 6.20. The van der Waals surface area contributed by atoms with E-state index in [0.29, 0.717) is 5.92 Å². The molecule has 0 saturated heterocycles. The molecule has 2 rings (SSSR count). The van der Waals surface area contributed by atoms with Crippen molar-refractivity contribution in [1.82, 2.24) is 5.32 Å². The van der Waals surface area contributed by atoms with Crippen LogP contribution >= 0.6 is 0 Å². The minimum absolute atomic E-state index is 0.0917. The Hall–Kier alpha value is -2.34. The first-order chi connectivity index (χ1) is 11.8. The van der Waals surface area contributed by atoms with E-state index in [1.54, 1.807) is 0 Å². The van der Waals surface area contributed by atoms with Gasteiger partial charge in [0, 0.05) is 6.04 Å². The third kappa shape index (κ3) is 4.82. The first-order valence-electron chi connectivity index (χ1n) is 8.06.